The first kappa shape index (κ1) is 46.2. The minimum absolute atomic E-state index is 0.464. The third kappa shape index (κ3) is 13.5. The van der Waals surface area contributed by atoms with Gasteiger partial charge < -0.3 is 58.0 Å². The third-order valence-electron chi connectivity index (χ3n) is 7.78. The monoisotopic (exact) mass is 825 g/mol. The van der Waals surface area contributed by atoms with Gasteiger partial charge >= 0.3 is 47.8 Å². The molecule has 23 heteroatoms. The largest absolute Gasteiger partial charge is 0.463 e. The smallest absolute Gasteiger partial charge is 0.305 e. The van der Waals surface area contributed by atoms with Gasteiger partial charge in [0.1, 0.15) is 48.9 Å². The number of pyridine rings is 1. The first-order valence-electron chi connectivity index (χ1n) is 17.4. The van der Waals surface area contributed by atoms with Crippen molar-refractivity contribution in [2.24, 2.45) is 0 Å². The quantitative estimate of drug-likeness (QED) is 0.163. The summed E-state index contributed by atoms with van der Waals surface area (Å²) >= 11 is 0. The van der Waals surface area contributed by atoms with Gasteiger partial charge in [-0.2, -0.15) is 0 Å². The molecule has 0 bridgehead atoms. The maximum absolute atomic E-state index is 13.8. The molecule has 2 aliphatic rings. The van der Waals surface area contributed by atoms with Gasteiger partial charge in [0.2, 0.25) is 12.6 Å². The number of aromatic nitrogens is 1. The number of ether oxygens (including phenoxy) is 10. The maximum Gasteiger partial charge on any atom is 0.305 e. The first-order valence-corrected chi connectivity index (χ1v) is 17.4. The third-order valence-corrected chi connectivity index (χ3v) is 7.78. The van der Waals surface area contributed by atoms with Crippen LogP contribution in [0, 0.1) is 0 Å². The fourth-order valence-electron chi connectivity index (χ4n) is 5.78. The molecule has 0 spiro atoms. The van der Waals surface area contributed by atoms with Crippen LogP contribution in [0.2, 0.25) is 0 Å². The average Bonchev–Trinajstić information content (AvgIpc) is 3.10. The second-order valence-corrected chi connectivity index (χ2v) is 12.6. The molecule has 0 aromatic carbocycles. The molecule has 23 nitrogen and oxygen atoms in total. The summed E-state index contributed by atoms with van der Waals surface area (Å²) in [5.41, 5.74) is -0.928. The highest BCUT2D eigenvalue weighted by molar-refractivity contribution is 5.96. The van der Waals surface area contributed by atoms with Crippen molar-refractivity contribution in [2.45, 2.75) is 117 Å². The number of nitrogens with one attached hydrogen (secondary N) is 2. The van der Waals surface area contributed by atoms with Gasteiger partial charge in [0.15, 0.2) is 24.4 Å². The van der Waals surface area contributed by atoms with Gasteiger partial charge in [-0.05, 0) is 12.1 Å². The zero-order valence-electron chi connectivity index (χ0n) is 32.5. The Morgan fingerprint density at radius 3 is 1.09 bits per heavy atom. The Morgan fingerprint density at radius 2 is 0.793 bits per heavy atom. The fourth-order valence-corrected chi connectivity index (χ4v) is 5.78. The summed E-state index contributed by atoms with van der Waals surface area (Å²) < 4.78 is 53.7. The van der Waals surface area contributed by atoms with Crippen molar-refractivity contribution in [1.29, 1.82) is 0 Å². The van der Waals surface area contributed by atoms with Crippen LogP contribution >= 0.6 is 0 Å². The van der Waals surface area contributed by atoms with E-state index in [9.17, 15) is 47.9 Å². The van der Waals surface area contributed by atoms with Gasteiger partial charge in [-0.3, -0.25) is 47.9 Å². The van der Waals surface area contributed by atoms with Crippen LogP contribution in [0.4, 0.5) is 0 Å². The van der Waals surface area contributed by atoms with Crippen molar-refractivity contribution in [3.05, 3.63) is 29.6 Å². The molecule has 3 rings (SSSR count). The molecule has 0 saturated carbocycles. The second-order valence-electron chi connectivity index (χ2n) is 12.6. The molecule has 2 saturated heterocycles. The Hall–Kier alpha value is -6.23. The molecular formula is C35H43N3O20. The molecule has 2 amide bonds. The number of carbonyl (C=O) groups is 10. The number of hydrogen-bond acceptors (Lipinski definition) is 21. The van der Waals surface area contributed by atoms with Crippen molar-refractivity contribution >= 4 is 59.6 Å². The Bertz CT molecular complexity index is 1650. The molecular weight excluding hydrogens is 782 g/mol. The Morgan fingerprint density at radius 1 is 0.483 bits per heavy atom. The molecule has 2 N–H and O–H groups in total. The predicted octanol–water partition coefficient (Wildman–Crippen LogP) is -1.29. The molecule has 2 aliphatic heterocycles. The van der Waals surface area contributed by atoms with Gasteiger partial charge in [0.05, 0.1) is 0 Å². The normalized spacial score (nSPS) is 26.3. The minimum Gasteiger partial charge on any atom is -0.463 e. The molecule has 58 heavy (non-hydrogen) atoms. The molecule has 2 fully saturated rings. The van der Waals surface area contributed by atoms with E-state index in [-0.39, 0.29) is 0 Å². The van der Waals surface area contributed by atoms with E-state index in [1.807, 2.05) is 0 Å². The van der Waals surface area contributed by atoms with Gasteiger partial charge in [0, 0.05) is 55.4 Å². The average molecular weight is 826 g/mol. The van der Waals surface area contributed by atoms with Crippen molar-refractivity contribution in [1.82, 2.24) is 15.6 Å². The molecule has 0 aliphatic carbocycles. The van der Waals surface area contributed by atoms with Crippen LogP contribution in [0.3, 0.4) is 0 Å². The Balaban J connectivity index is 2.00. The van der Waals surface area contributed by atoms with E-state index in [2.05, 4.69) is 15.6 Å². The van der Waals surface area contributed by atoms with E-state index in [4.69, 9.17) is 47.4 Å². The number of hydrogen-bond donors (Lipinski definition) is 2. The first-order chi connectivity index (χ1) is 27.2. The summed E-state index contributed by atoms with van der Waals surface area (Å²) in [4.78, 5) is 128. The lowest BCUT2D eigenvalue weighted by molar-refractivity contribution is -0.270. The van der Waals surface area contributed by atoms with Crippen molar-refractivity contribution in [3.63, 3.8) is 0 Å². The van der Waals surface area contributed by atoms with Crippen LogP contribution in [0.25, 0.3) is 0 Å². The SMILES string of the molecule is CC(=O)OC[C@H]1OC(OC(C)=O)[C@H](NC(=O)c2cccc(C(=O)N[C@H]3C(OC(C)=O)O[C@H](COC(C)=O)[C@@H](OC(C)=O)[C@@H]3OC(C)=O)n2)[C@@H](OC(C)=O)[C@@H]1OC(C)=O. The summed E-state index contributed by atoms with van der Waals surface area (Å²) in [5, 5.41) is 4.91. The summed E-state index contributed by atoms with van der Waals surface area (Å²) in [5.74, 6) is -9.10. The van der Waals surface area contributed by atoms with E-state index in [1.165, 1.54) is 6.07 Å². The topological polar surface area (TPSA) is 300 Å². The molecule has 3 heterocycles. The lowest BCUT2D eigenvalue weighted by atomic mass is 9.95. The highest BCUT2D eigenvalue weighted by Crippen LogP contribution is 2.30. The number of amides is 2. The van der Waals surface area contributed by atoms with Crippen molar-refractivity contribution < 1.29 is 95.3 Å². The van der Waals surface area contributed by atoms with E-state index >= 15 is 0 Å². The fraction of sp³-hybridized carbons (Fsp3) is 0.571. The van der Waals surface area contributed by atoms with Gasteiger partial charge in [0.25, 0.3) is 11.8 Å². The zero-order valence-corrected chi connectivity index (χ0v) is 32.5. The molecule has 318 valence electrons. The number of nitrogens with zero attached hydrogens (tertiary/aromatic N) is 1. The van der Waals surface area contributed by atoms with E-state index < -0.39 is 145 Å². The second kappa shape index (κ2) is 20.8. The molecule has 0 radical (unpaired) electrons. The summed E-state index contributed by atoms with van der Waals surface area (Å²) in [6.45, 7) is 7.15. The molecule has 1 aromatic heterocycles. The van der Waals surface area contributed by atoms with Crippen LogP contribution in [-0.2, 0) is 85.7 Å². The lowest BCUT2D eigenvalue weighted by Gasteiger charge is -2.44. The maximum atomic E-state index is 13.8. The molecule has 10 atom stereocenters. The standard InChI is InChI=1S/C35H43N3O20/c1-14(39)49-12-24-28(51-16(3)41)30(53-18(5)43)26(34(57-24)55-20(7)45)37-32(47)22-10-9-11-23(36-22)33(48)38-27-31(54-19(6)44)29(52-17(4)42)25(13-50-15(2)40)58-35(27)56-21(8)46/h9-11,24-31,34-35H,12-13H2,1-8H3,(H,37,47)(H,38,48)/t24-,25-,26-,27-,28-,29-,30-,31-,34?,35?/m1/s1. The zero-order chi connectivity index (χ0) is 43.4. The highest BCUT2D eigenvalue weighted by Gasteiger charge is 2.54. The van der Waals surface area contributed by atoms with Crippen LogP contribution in [-0.4, -0.2) is 139 Å². The number of carbonyl (C=O) groups excluding carboxylic acids is 10. The van der Waals surface area contributed by atoms with Gasteiger partial charge in [-0.15, -0.1) is 0 Å². The number of esters is 8. The van der Waals surface area contributed by atoms with Crippen LogP contribution in [0.15, 0.2) is 18.2 Å². The Kier molecular flexibility index (Phi) is 16.5. The van der Waals surface area contributed by atoms with Gasteiger partial charge in [-0.1, -0.05) is 6.07 Å². The molecule has 1 aromatic rings. The summed E-state index contributed by atoms with van der Waals surface area (Å²) in [6.07, 6.45) is -12.5. The minimum atomic E-state index is -1.73. The van der Waals surface area contributed by atoms with E-state index in [1.54, 1.807) is 0 Å². The van der Waals surface area contributed by atoms with E-state index in [0.717, 1.165) is 67.5 Å². The van der Waals surface area contributed by atoms with E-state index in [0.29, 0.717) is 0 Å². The lowest BCUT2D eigenvalue weighted by Crippen LogP contribution is -2.67. The highest BCUT2D eigenvalue weighted by atomic mass is 16.7. The summed E-state index contributed by atoms with van der Waals surface area (Å²) in [6, 6.07) is 0.342. The van der Waals surface area contributed by atoms with Gasteiger partial charge in [-0.25, -0.2) is 4.98 Å². The number of rotatable bonds is 14. The summed E-state index contributed by atoms with van der Waals surface area (Å²) in [7, 11) is 0. The molecule has 2 unspecified atom stereocenters. The van der Waals surface area contributed by atoms with Crippen LogP contribution < -0.4 is 10.6 Å². The van der Waals surface area contributed by atoms with Crippen LogP contribution in [0.5, 0.6) is 0 Å². The predicted molar refractivity (Wildman–Crippen MR) is 183 cm³/mol. The van der Waals surface area contributed by atoms with Crippen LogP contribution in [0.1, 0.15) is 76.4 Å². The van der Waals surface area contributed by atoms with Crippen molar-refractivity contribution in [3.8, 4) is 0 Å². The Labute approximate surface area is 329 Å². The van der Waals surface area contributed by atoms with Crippen molar-refractivity contribution in [2.75, 3.05) is 13.2 Å².